The Morgan fingerprint density at radius 2 is 2.00 bits per heavy atom. The molecule has 1 saturated carbocycles. The zero-order valence-corrected chi connectivity index (χ0v) is 19.0. The minimum Gasteiger partial charge on any atom is -0.376 e. The van der Waals surface area contributed by atoms with Gasteiger partial charge in [0.25, 0.3) is 0 Å². The molecule has 4 unspecified atom stereocenters. The lowest BCUT2D eigenvalue weighted by molar-refractivity contribution is -0.120. The summed E-state index contributed by atoms with van der Waals surface area (Å²) in [6.45, 7) is 5.89. The van der Waals surface area contributed by atoms with E-state index in [0.29, 0.717) is 35.1 Å². The molecule has 1 saturated heterocycles. The highest BCUT2D eigenvalue weighted by atomic mass is 32.2. The molecule has 4 rings (SSSR count). The molecule has 2 fully saturated rings. The summed E-state index contributed by atoms with van der Waals surface area (Å²) in [5.74, 6) is 1.85. The van der Waals surface area contributed by atoms with Gasteiger partial charge in [-0.2, -0.15) is 0 Å². The van der Waals surface area contributed by atoms with Crippen molar-refractivity contribution in [3.63, 3.8) is 0 Å². The summed E-state index contributed by atoms with van der Waals surface area (Å²) in [5.41, 5.74) is 0.799. The third kappa shape index (κ3) is 5.47. The van der Waals surface area contributed by atoms with Gasteiger partial charge in [0.15, 0.2) is 11.0 Å². The first-order chi connectivity index (χ1) is 15.0. The summed E-state index contributed by atoms with van der Waals surface area (Å²) in [6.07, 6.45) is 5.59. The zero-order valence-electron chi connectivity index (χ0n) is 18.2. The number of hydrogen-bond acceptors (Lipinski definition) is 5. The molecule has 1 aromatic carbocycles. The fourth-order valence-corrected chi connectivity index (χ4v) is 5.29. The van der Waals surface area contributed by atoms with E-state index >= 15 is 0 Å². The van der Waals surface area contributed by atoms with Gasteiger partial charge in [-0.05, 0) is 55.4 Å². The molecule has 0 spiro atoms. The average Bonchev–Trinajstić information content (AvgIpc) is 3.41. The number of aromatic nitrogens is 3. The molecule has 4 atom stereocenters. The Morgan fingerprint density at radius 3 is 2.74 bits per heavy atom. The molecule has 168 valence electrons. The molecule has 31 heavy (non-hydrogen) atoms. The molecule has 1 aromatic heterocycles. The topological polar surface area (TPSA) is 69.0 Å². The van der Waals surface area contributed by atoms with Gasteiger partial charge in [0.1, 0.15) is 5.82 Å². The van der Waals surface area contributed by atoms with Gasteiger partial charge in [-0.25, -0.2) is 4.39 Å². The zero-order chi connectivity index (χ0) is 21.8. The molecule has 0 radical (unpaired) electrons. The Morgan fingerprint density at radius 1 is 1.19 bits per heavy atom. The second-order valence-corrected chi connectivity index (χ2v) is 9.73. The van der Waals surface area contributed by atoms with Gasteiger partial charge in [-0.1, -0.05) is 38.5 Å². The normalized spacial score (nSPS) is 26.2. The number of benzene rings is 1. The van der Waals surface area contributed by atoms with Crippen LogP contribution in [0.1, 0.15) is 46.0 Å². The third-order valence-electron chi connectivity index (χ3n) is 6.62. The summed E-state index contributed by atoms with van der Waals surface area (Å²) in [4.78, 5) is 12.7. The maximum Gasteiger partial charge on any atom is 0.230 e. The first-order valence-corrected chi connectivity index (χ1v) is 12.2. The first-order valence-electron chi connectivity index (χ1n) is 11.2. The largest absolute Gasteiger partial charge is 0.376 e. The minimum atomic E-state index is -0.286. The molecule has 2 aliphatic rings. The Bertz CT molecular complexity index is 882. The molecule has 1 aliphatic carbocycles. The molecule has 8 heteroatoms. The van der Waals surface area contributed by atoms with Crippen molar-refractivity contribution < 1.29 is 13.9 Å². The lowest BCUT2D eigenvalue weighted by Gasteiger charge is -2.34. The van der Waals surface area contributed by atoms with E-state index in [4.69, 9.17) is 4.74 Å². The molecular formula is C23H31FN4O2S. The highest BCUT2D eigenvalue weighted by molar-refractivity contribution is 7.99. The van der Waals surface area contributed by atoms with Crippen molar-refractivity contribution in [3.05, 3.63) is 30.1 Å². The van der Waals surface area contributed by atoms with Gasteiger partial charge in [0.05, 0.1) is 18.4 Å². The number of hydrogen-bond donors (Lipinski definition) is 1. The maximum absolute atomic E-state index is 13.4. The van der Waals surface area contributed by atoms with E-state index in [1.54, 1.807) is 12.1 Å². The van der Waals surface area contributed by atoms with Crippen molar-refractivity contribution in [3.8, 4) is 11.4 Å². The molecule has 1 N–H and O–H groups in total. The Balaban J connectivity index is 1.45. The Kier molecular flexibility index (Phi) is 7.27. The summed E-state index contributed by atoms with van der Waals surface area (Å²) >= 11 is 1.40. The number of carbonyl (C=O) groups excluding carboxylic acids is 1. The van der Waals surface area contributed by atoms with Crippen molar-refractivity contribution in [2.24, 2.45) is 11.8 Å². The number of carbonyl (C=O) groups is 1. The Hall–Kier alpha value is -1.93. The SMILES string of the molecule is CC1CCCC(NC(=O)CSc2nnc(-c3ccc(F)cc3)n2CC2CCCO2)C1C. The van der Waals surface area contributed by atoms with Crippen LogP contribution in [0.2, 0.25) is 0 Å². The number of nitrogens with zero attached hydrogens (tertiary/aromatic N) is 3. The predicted molar refractivity (Wildman–Crippen MR) is 119 cm³/mol. The van der Waals surface area contributed by atoms with E-state index in [0.717, 1.165) is 31.4 Å². The van der Waals surface area contributed by atoms with Crippen LogP contribution >= 0.6 is 11.8 Å². The van der Waals surface area contributed by atoms with E-state index in [1.807, 2.05) is 4.57 Å². The van der Waals surface area contributed by atoms with Crippen molar-refractivity contribution >= 4 is 17.7 Å². The number of nitrogens with one attached hydrogen (secondary N) is 1. The van der Waals surface area contributed by atoms with Crippen LogP contribution in [-0.4, -0.2) is 45.2 Å². The standard InChI is InChI=1S/C23H31FN4O2S/c1-15-5-3-7-20(16(15)2)25-21(29)14-31-23-27-26-22(17-8-10-18(24)11-9-17)28(23)13-19-6-4-12-30-19/h8-11,15-16,19-20H,3-7,12-14H2,1-2H3,(H,25,29). The van der Waals surface area contributed by atoms with Gasteiger partial charge in [0, 0.05) is 18.2 Å². The predicted octanol–water partition coefficient (Wildman–Crippen LogP) is 4.30. The third-order valence-corrected chi connectivity index (χ3v) is 7.58. The van der Waals surface area contributed by atoms with E-state index in [9.17, 15) is 9.18 Å². The molecule has 2 heterocycles. The number of rotatable bonds is 7. The first kappa shape index (κ1) is 22.3. The summed E-state index contributed by atoms with van der Waals surface area (Å²) in [5, 5.41) is 12.6. The fraction of sp³-hybridized carbons (Fsp3) is 0.609. The van der Waals surface area contributed by atoms with Crippen molar-refractivity contribution in [1.82, 2.24) is 20.1 Å². The second kappa shape index (κ2) is 10.1. The number of halogens is 1. The van der Waals surface area contributed by atoms with Crippen LogP contribution in [0.3, 0.4) is 0 Å². The van der Waals surface area contributed by atoms with Gasteiger partial charge in [-0.15, -0.1) is 10.2 Å². The summed E-state index contributed by atoms with van der Waals surface area (Å²) < 4.78 is 21.2. The molecule has 2 aromatic rings. The highest BCUT2D eigenvalue weighted by Gasteiger charge is 2.28. The van der Waals surface area contributed by atoms with Crippen LogP contribution in [0.25, 0.3) is 11.4 Å². The monoisotopic (exact) mass is 446 g/mol. The van der Waals surface area contributed by atoms with Crippen LogP contribution in [0.5, 0.6) is 0 Å². The molecule has 6 nitrogen and oxygen atoms in total. The van der Waals surface area contributed by atoms with Gasteiger partial charge in [0.2, 0.25) is 5.91 Å². The second-order valence-electron chi connectivity index (χ2n) is 8.79. The Labute approximate surface area is 187 Å². The minimum absolute atomic E-state index is 0.0333. The summed E-state index contributed by atoms with van der Waals surface area (Å²) in [6, 6.07) is 6.51. The van der Waals surface area contributed by atoms with Crippen LogP contribution in [-0.2, 0) is 16.1 Å². The van der Waals surface area contributed by atoms with Gasteiger partial charge < -0.3 is 10.1 Å². The van der Waals surface area contributed by atoms with E-state index < -0.39 is 0 Å². The highest BCUT2D eigenvalue weighted by Crippen LogP contribution is 2.30. The van der Waals surface area contributed by atoms with Gasteiger partial charge in [-0.3, -0.25) is 9.36 Å². The molecule has 0 bridgehead atoms. The van der Waals surface area contributed by atoms with E-state index in [-0.39, 0.29) is 23.9 Å². The van der Waals surface area contributed by atoms with E-state index in [2.05, 4.69) is 29.4 Å². The lowest BCUT2D eigenvalue weighted by Crippen LogP contribution is -2.44. The van der Waals surface area contributed by atoms with Crippen LogP contribution < -0.4 is 5.32 Å². The molecular weight excluding hydrogens is 415 g/mol. The molecule has 1 amide bonds. The van der Waals surface area contributed by atoms with Crippen LogP contribution in [0.4, 0.5) is 4.39 Å². The molecule has 1 aliphatic heterocycles. The summed E-state index contributed by atoms with van der Waals surface area (Å²) in [7, 11) is 0. The quantitative estimate of drug-likeness (QED) is 0.643. The van der Waals surface area contributed by atoms with Crippen molar-refractivity contribution in [2.75, 3.05) is 12.4 Å². The smallest absolute Gasteiger partial charge is 0.230 e. The number of ether oxygens (including phenoxy) is 1. The van der Waals surface area contributed by atoms with Crippen molar-refractivity contribution in [2.45, 2.75) is 69.8 Å². The van der Waals surface area contributed by atoms with Crippen molar-refractivity contribution in [1.29, 1.82) is 0 Å². The van der Waals surface area contributed by atoms with E-state index in [1.165, 1.54) is 36.7 Å². The lowest BCUT2D eigenvalue weighted by atomic mass is 9.78. The average molecular weight is 447 g/mol. The van der Waals surface area contributed by atoms with Crippen LogP contribution in [0.15, 0.2) is 29.4 Å². The number of amides is 1. The van der Waals surface area contributed by atoms with Crippen LogP contribution in [0, 0.1) is 17.7 Å². The fourth-order valence-electron chi connectivity index (χ4n) is 4.53. The number of thioether (sulfide) groups is 1. The van der Waals surface area contributed by atoms with Gasteiger partial charge >= 0.3 is 0 Å². The maximum atomic E-state index is 13.4.